The molecule has 70 valence electrons. The Morgan fingerprint density at radius 1 is 1.54 bits per heavy atom. The van der Waals surface area contributed by atoms with Crippen LogP contribution in [-0.4, -0.2) is 19.6 Å². The quantitative estimate of drug-likeness (QED) is 0.826. The summed E-state index contributed by atoms with van der Waals surface area (Å²) in [6, 6.07) is 0. The van der Waals surface area contributed by atoms with Crippen LogP contribution in [0.3, 0.4) is 0 Å². The highest BCUT2D eigenvalue weighted by Gasteiger charge is 2.01. The van der Waals surface area contributed by atoms with Crippen molar-refractivity contribution in [2.45, 2.75) is 6.54 Å². The van der Waals surface area contributed by atoms with Crippen molar-refractivity contribution < 1.29 is 0 Å². The molecular formula is C6H7BrClN5. The average Bonchev–Trinajstić information content (AvgIpc) is 2.46. The number of halogens is 2. The van der Waals surface area contributed by atoms with Gasteiger partial charge in [-0.2, -0.15) is 4.98 Å². The summed E-state index contributed by atoms with van der Waals surface area (Å²) in [5, 5.41) is 4.08. The summed E-state index contributed by atoms with van der Waals surface area (Å²) in [5.74, 6) is 1.17. The van der Waals surface area contributed by atoms with E-state index in [4.69, 9.17) is 5.73 Å². The molecular weight excluding hydrogens is 257 g/mol. The molecule has 2 aromatic rings. The molecule has 0 atom stereocenters. The Hall–Kier alpha value is -0.720. The molecule has 2 rings (SSSR count). The molecule has 2 N–H and O–H groups in total. The minimum atomic E-state index is 0. The smallest absolute Gasteiger partial charge is 0.252 e. The SMILES string of the molecule is Cl.NCc1nc2ncc(Br)cn2n1. The number of fused-ring (bicyclic) bond motifs is 1. The van der Waals surface area contributed by atoms with Crippen LogP contribution in [0.4, 0.5) is 0 Å². The molecule has 0 fully saturated rings. The van der Waals surface area contributed by atoms with Crippen molar-refractivity contribution in [1.29, 1.82) is 0 Å². The number of hydrogen-bond acceptors (Lipinski definition) is 4. The minimum Gasteiger partial charge on any atom is -0.324 e. The van der Waals surface area contributed by atoms with E-state index in [1.807, 2.05) is 0 Å². The third-order valence-corrected chi connectivity index (χ3v) is 1.80. The molecule has 7 heteroatoms. The highest BCUT2D eigenvalue weighted by atomic mass is 79.9. The number of aromatic nitrogens is 4. The lowest BCUT2D eigenvalue weighted by molar-refractivity contribution is 0.862. The molecule has 0 saturated carbocycles. The van der Waals surface area contributed by atoms with Gasteiger partial charge in [-0.15, -0.1) is 17.5 Å². The van der Waals surface area contributed by atoms with E-state index in [0.29, 0.717) is 18.1 Å². The van der Waals surface area contributed by atoms with Crippen LogP contribution in [0.15, 0.2) is 16.9 Å². The molecule has 13 heavy (non-hydrogen) atoms. The third kappa shape index (κ3) is 1.96. The molecule has 0 bridgehead atoms. The maximum Gasteiger partial charge on any atom is 0.252 e. The molecule has 2 heterocycles. The van der Waals surface area contributed by atoms with Crippen molar-refractivity contribution in [2.75, 3.05) is 0 Å². The first-order valence-electron chi connectivity index (χ1n) is 3.36. The molecule has 0 aliphatic carbocycles. The average molecular weight is 265 g/mol. The number of hydrogen-bond donors (Lipinski definition) is 1. The van der Waals surface area contributed by atoms with Crippen LogP contribution in [-0.2, 0) is 6.54 Å². The van der Waals surface area contributed by atoms with E-state index in [9.17, 15) is 0 Å². The molecule has 0 amide bonds. The Kier molecular flexibility index (Phi) is 3.18. The van der Waals surface area contributed by atoms with Crippen molar-refractivity contribution in [3.8, 4) is 0 Å². The van der Waals surface area contributed by atoms with Gasteiger partial charge in [0.25, 0.3) is 5.78 Å². The van der Waals surface area contributed by atoms with E-state index in [0.717, 1.165) is 4.47 Å². The zero-order valence-corrected chi connectivity index (χ0v) is 8.92. The maximum atomic E-state index is 5.37. The third-order valence-electron chi connectivity index (χ3n) is 1.39. The predicted molar refractivity (Wildman–Crippen MR) is 53.6 cm³/mol. The van der Waals surface area contributed by atoms with Gasteiger partial charge in [-0.1, -0.05) is 0 Å². The van der Waals surface area contributed by atoms with Crippen LogP contribution >= 0.6 is 28.3 Å². The van der Waals surface area contributed by atoms with Gasteiger partial charge in [0, 0.05) is 12.4 Å². The van der Waals surface area contributed by atoms with Crippen LogP contribution in [0.2, 0.25) is 0 Å². The van der Waals surface area contributed by atoms with Crippen molar-refractivity contribution in [1.82, 2.24) is 19.6 Å². The second-order valence-corrected chi connectivity index (χ2v) is 3.16. The van der Waals surface area contributed by atoms with Gasteiger partial charge in [0.1, 0.15) is 0 Å². The molecule has 0 aromatic carbocycles. The summed E-state index contributed by atoms with van der Waals surface area (Å²) in [6.45, 7) is 0.334. The fourth-order valence-corrected chi connectivity index (χ4v) is 1.19. The van der Waals surface area contributed by atoms with Gasteiger partial charge >= 0.3 is 0 Å². The first-order chi connectivity index (χ1) is 5.79. The van der Waals surface area contributed by atoms with Crippen molar-refractivity contribution in [3.63, 3.8) is 0 Å². The van der Waals surface area contributed by atoms with E-state index < -0.39 is 0 Å². The second kappa shape index (κ2) is 3.99. The summed E-state index contributed by atoms with van der Waals surface area (Å²) < 4.78 is 2.45. The summed E-state index contributed by atoms with van der Waals surface area (Å²) in [4.78, 5) is 8.10. The largest absolute Gasteiger partial charge is 0.324 e. The molecule has 0 aliphatic heterocycles. The van der Waals surface area contributed by atoms with Crippen LogP contribution in [0, 0.1) is 0 Å². The lowest BCUT2D eigenvalue weighted by atomic mass is 10.6. The summed E-state index contributed by atoms with van der Waals surface area (Å²) >= 11 is 3.28. The molecule has 0 saturated heterocycles. The highest BCUT2D eigenvalue weighted by molar-refractivity contribution is 9.10. The van der Waals surface area contributed by atoms with Crippen LogP contribution < -0.4 is 5.73 Å². The van der Waals surface area contributed by atoms with Crippen molar-refractivity contribution in [2.24, 2.45) is 5.73 Å². The molecule has 0 spiro atoms. The maximum absolute atomic E-state index is 5.37. The first-order valence-corrected chi connectivity index (χ1v) is 4.16. The lowest BCUT2D eigenvalue weighted by Crippen LogP contribution is -1.98. The lowest BCUT2D eigenvalue weighted by Gasteiger charge is -1.88. The number of nitrogens with zero attached hydrogens (tertiary/aromatic N) is 4. The summed E-state index contributed by atoms with van der Waals surface area (Å²) in [5.41, 5.74) is 5.37. The van der Waals surface area contributed by atoms with Gasteiger partial charge < -0.3 is 5.73 Å². The zero-order chi connectivity index (χ0) is 8.55. The van der Waals surface area contributed by atoms with Crippen LogP contribution in [0.5, 0.6) is 0 Å². The van der Waals surface area contributed by atoms with Crippen molar-refractivity contribution >= 4 is 34.1 Å². The van der Waals surface area contributed by atoms with Gasteiger partial charge in [0.2, 0.25) is 0 Å². The predicted octanol–water partition coefficient (Wildman–Crippen LogP) is 0.767. The Labute approximate surface area is 88.9 Å². The van der Waals surface area contributed by atoms with E-state index in [-0.39, 0.29) is 12.4 Å². The van der Waals surface area contributed by atoms with Gasteiger partial charge in [0.15, 0.2) is 5.82 Å². The molecule has 0 radical (unpaired) electrons. The second-order valence-electron chi connectivity index (χ2n) is 2.25. The van der Waals surface area contributed by atoms with Crippen molar-refractivity contribution in [3.05, 3.63) is 22.7 Å². The molecule has 5 nitrogen and oxygen atoms in total. The molecule has 0 aliphatic rings. The Balaban J connectivity index is 0.000000845. The Morgan fingerprint density at radius 3 is 3.00 bits per heavy atom. The fourth-order valence-electron chi connectivity index (χ4n) is 0.889. The summed E-state index contributed by atoms with van der Waals surface area (Å²) in [7, 11) is 0. The zero-order valence-electron chi connectivity index (χ0n) is 6.51. The molecule has 2 aromatic heterocycles. The van der Waals surface area contributed by atoms with Gasteiger partial charge in [-0.25, -0.2) is 9.50 Å². The van der Waals surface area contributed by atoms with E-state index >= 15 is 0 Å². The first kappa shape index (κ1) is 10.4. The molecule has 0 unspecified atom stereocenters. The van der Waals surface area contributed by atoms with Crippen LogP contribution in [0.1, 0.15) is 5.82 Å². The minimum absolute atomic E-state index is 0. The number of nitrogens with two attached hydrogens (primary N) is 1. The van der Waals surface area contributed by atoms with Gasteiger partial charge in [-0.3, -0.25) is 0 Å². The fraction of sp³-hybridized carbons (Fsp3) is 0.167. The van der Waals surface area contributed by atoms with E-state index in [2.05, 4.69) is 31.0 Å². The standard InChI is InChI=1S/C6H6BrN5.ClH/c7-4-2-9-6-10-5(1-8)11-12(6)3-4;/h2-3H,1,8H2;1H. The van der Waals surface area contributed by atoms with Gasteiger partial charge in [-0.05, 0) is 15.9 Å². The monoisotopic (exact) mass is 263 g/mol. The van der Waals surface area contributed by atoms with Gasteiger partial charge in [0.05, 0.1) is 11.0 Å². The normalized spacial score (nSPS) is 10.0. The topological polar surface area (TPSA) is 69.1 Å². The Morgan fingerprint density at radius 2 is 2.31 bits per heavy atom. The number of rotatable bonds is 1. The van der Waals surface area contributed by atoms with Crippen LogP contribution in [0.25, 0.3) is 5.78 Å². The Bertz CT molecular complexity index is 414. The summed E-state index contributed by atoms with van der Waals surface area (Å²) in [6.07, 6.45) is 3.46. The highest BCUT2D eigenvalue weighted by Crippen LogP contribution is 2.07. The van der Waals surface area contributed by atoms with E-state index in [1.54, 1.807) is 16.9 Å². The van der Waals surface area contributed by atoms with E-state index in [1.165, 1.54) is 0 Å².